The maximum absolute atomic E-state index is 12.8. The number of alkyl halides is 3. The Hall–Kier alpha value is -4.02. The van der Waals surface area contributed by atoms with Gasteiger partial charge < -0.3 is 5.32 Å². The largest absolute Gasteiger partial charge is 0.416 e. The summed E-state index contributed by atoms with van der Waals surface area (Å²) < 4.78 is 39.5. The number of aromatic nitrogens is 2. The molecule has 0 saturated carbocycles. The molecule has 0 aliphatic heterocycles. The van der Waals surface area contributed by atoms with Crippen LogP contribution in [0.4, 0.5) is 18.9 Å². The van der Waals surface area contributed by atoms with E-state index in [2.05, 4.69) is 0 Å². The number of nitrogens with one attached hydrogen (secondary N) is 1. The standard InChI is InChI=1S/C20H15F3N3O5/c1-11-18(26(31)15-8-3-2-7-14(15)25(11)30)16(27)10-17(28)19(29)24-13-6-4-5-12(9-13)20(21,22)23/h2-9H,10H2,1H3,(H2-,24,27,28,29,30,31)/q+1/p+1. The second-order valence-corrected chi connectivity index (χ2v) is 6.60. The van der Waals surface area contributed by atoms with Gasteiger partial charge >= 0.3 is 28.6 Å². The Balaban J connectivity index is 1.81. The van der Waals surface area contributed by atoms with E-state index in [0.29, 0.717) is 15.5 Å². The summed E-state index contributed by atoms with van der Waals surface area (Å²) in [5, 5.41) is 22.6. The normalized spacial score (nSPS) is 11.4. The van der Waals surface area contributed by atoms with Crippen LogP contribution in [0.5, 0.6) is 0 Å². The van der Waals surface area contributed by atoms with Gasteiger partial charge in [0.25, 0.3) is 5.91 Å². The van der Waals surface area contributed by atoms with Gasteiger partial charge in [0.05, 0.1) is 12.0 Å². The molecule has 1 aromatic heterocycles. The fraction of sp³-hybridized carbons (Fsp3) is 0.150. The van der Waals surface area contributed by atoms with Crippen LogP contribution in [0.15, 0.2) is 48.5 Å². The number of carbonyl (C=O) groups is 3. The molecule has 31 heavy (non-hydrogen) atoms. The summed E-state index contributed by atoms with van der Waals surface area (Å²) in [5.74, 6) is -3.51. The number of amides is 1. The van der Waals surface area contributed by atoms with Crippen LogP contribution in [0.3, 0.4) is 0 Å². The molecule has 0 fully saturated rings. The van der Waals surface area contributed by atoms with Gasteiger partial charge in [-0.1, -0.05) is 18.2 Å². The van der Waals surface area contributed by atoms with Gasteiger partial charge in [0.2, 0.25) is 11.6 Å². The summed E-state index contributed by atoms with van der Waals surface area (Å²) >= 11 is 0. The summed E-state index contributed by atoms with van der Waals surface area (Å²) in [6.07, 6.45) is -5.62. The second kappa shape index (κ2) is 8.01. The summed E-state index contributed by atoms with van der Waals surface area (Å²) in [7, 11) is 0. The molecule has 0 aliphatic carbocycles. The zero-order chi connectivity index (χ0) is 22.9. The molecule has 11 heteroatoms. The smallest absolute Gasteiger partial charge is 0.319 e. The van der Waals surface area contributed by atoms with Gasteiger partial charge in [-0.2, -0.15) is 13.2 Å². The van der Waals surface area contributed by atoms with E-state index < -0.39 is 41.3 Å². The molecule has 1 amide bonds. The molecule has 160 valence electrons. The number of carbonyl (C=O) groups excluding carboxylic acids is 3. The Bertz CT molecular complexity index is 1220. The maximum Gasteiger partial charge on any atom is 0.416 e. The van der Waals surface area contributed by atoms with Crippen LogP contribution in [0.1, 0.15) is 28.2 Å². The van der Waals surface area contributed by atoms with Crippen LogP contribution < -0.4 is 14.8 Å². The van der Waals surface area contributed by atoms with Crippen LogP contribution in [0.2, 0.25) is 0 Å². The van der Waals surface area contributed by atoms with Gasteiger partial charge in [0.1, 0.15) is 0 Å². The molecule has 8 nitrogen and oxygen atoms in total. The molecule has 0 saturated heterocycles. The first-order valence-electron chi connectivity index (χ1n) is 8.83. The lowest BCUT2D eigenvalue weighted by atomic mass is 10.1. The first-order valence-corrected chi connectivity index (χ1v) is 8.83. The van der Waals surface area contributed by atoms with E-state index in [1.165, 1.54) is 19.1 Å². The van der Waals surface area contributed by atoms with Crippen molar-refractivity contribution in [2.75, 3.05) is 5.32 Å². The number of benzene rings is 2. The number of nitrogens with zero attached hydrogens (tertiary/aromatic N) is 2. The second-order valence-electron chi connectivity index (χ2n) is 6.60. The average Bonchev–Trinajstić information content (AvgIpc) is 2.71. The van der Waals surface area contributed by atoms with Gasteiger partial charge in [-0.15, -0.1) is 0 Å². The maximum atomic E-state index is 12.8. The molecular weight excluding hydrogens is 419 g/mol. The number of anilines is 1. The molecule has 0 bridgehead atoms. The van der Waals surface area contributed by atoms with E-state index in [1.54, 1.807) is 12.1 Å². The van der Waals surface area contributed by atoms with Gasteiger partial charge in [-0.3, -0.25) is 24.8 Å². The highest BCUT2D eigenvalue weighted by atomic mass is 19.4. The molecule has 3 rings (SSSR count). The molecule has 3 aromatic rings. The van der Waals surface area contributed by atoms with Crippen molar-refractivity contribution < 1.29 is 47.4 Å². The Morgan fingerprint density at radius 3 is 2.19 bits per heavy atom. The van der Waals surface area contributed by atoms with Crippen molar-refractivity contribution in [3.63, 3.8) is 0 Å². The van der Waals surface area contributed by atoms with Crippen molar-refractivity contribution in [3.8, 4) is 0 Å². The van der Waals surface area contributed by atoms with Crippen molar-refractivity contribution in [2.24, 2.45) is 0 Å². The summed E-state index contributed by atoms with van der Waals surface area (Å²) in [6, 6.07) is 9.71. The Morgan fingerprint density at radius 1 is 0.968 bits per heavy atom. The highest BCUT2D eigenvalue weighted by molar-refractivity contribution is 6.43. The van der Waals surface area contributed by atoms with Crippen LogP contribution in [-0.4, -0.2) is 27.9 Å². The Morgan fingerprint density at radius 2 is 1.58 bits per heavy atom. The molecule has 0 radical (unpaired) electrons. The third-order valence-corrected chi connectivity index (χ3v) is 4.50. The topological polar surface area (TPSA) is 111 Å². The van der Waals surface area contributed by atoms with E-state index in [9.17, 15) is 38.0 Å². The first kappa shape index (κ1) is 21.7. The molecular formula is C20H16F3N3O5+2. The number of hydrogen-bond donors (Lipinski definition) is 3. The fourth-order valence-electron chi connectivity index (χ4n) is 2.98. The average molecular weight is 435 g/mol. The van der Waals surface area contributed by atoms with Crippen molar-refractivity contribution in [2.45, 2.75) is 19.5 Å². The monoisotopic (exact) mass is 435 g/mol. The SMILES string of the molecule is Cc1c(C(=O)CC(=O)C(=O)Nc2cccc(C(F)(F)F)c2)[n+](O)c2ccccc2[n+]1O. The molecule has 0 aliphatic rings. The summed E-state index contributed by atoms with van der Waals surface area (Å²) in [5.41, 5.74) is -1.55. The predicted octanol–water partition coefficient (Wildman–Crippen LogP) is 2.00. The number of rotatable bonds is 5. The van der Waals surface area contributed by atoms with Crippen molar-refractivity contribution in [3.05, 3.63) is 65.5 Å². The van der Waals surface area contributed by atoms with Crippen molar-refractivity contribution in [1.82, 2.24) is 0 Å². The van der Waals surface area contributed by atoms with E-state index >= 15 is 0 Å². The molecule has 0 atom stereocenters. The zero-order valence-electron chi connectivity index (χ0n) is 16.0. The minimum absolute atomic E-state index is 0.0693. The lowest BCUT2D eigenvalue weighted by molar-refractivity contribution is -0.924. The first-order chi connectivity index (χ1) is 14.5. The summed E-state index contributed by atoms with van der Waals surface area (Å²) in [4.78, 5) is 36.8. The van der Waals surface area contributed by atoms with E-state index in [-0.39, 0.29) is 22.4 Å². The van der Waals surface area contributed by atoms with Crippen molar-refractivity contribution >= 4 is 34.2 Å². The molecule has 0 spiro atoms. The number of hydrogen-bond acceptors (Lipinski definition) is 5. The van der Waals surface area contributed by atoms with E-state index in [0.717, 1.165) is 18.2 Å². The Labute approximate surface area is 172 Å². The number of para-hydroxylation sites is 2. The highest BCUT2D eigenvalue weighted by Crippen LogP contribution is 2.30. The minimum Gasteiger partial charge on any atom is -0.319 e. The van der Waals surface area contributed by atoms with Gasteiger partial charge in [0, 0.05) is 34.2 Å². The van der Waals surface area contributed by atoms with Crippen molar-refractivity contribution in [1.29, 1.82) is 0 Å². The van der Waals surface area contributed by atoms with Gasteiger partial charge in [-0.25, -0.2) is 0 Å². The van der Waals surface area contributed by atoms with Crippen LogP contribution in [-0.2, 0) is 15.8 Å². The zero-order valence-corrected chi connectivity index (χ0v) is 16.0. The number of fused-ring (bicyclic) bond motifs is 1. The lowest BCUT2D eigenvalue weighted by Gasteiger charge is -2.09. The third kappa shape index (κ3) is 4.29. The van der Waals surface area contributed by atoms with Crippen LogP contribution in [0, 0.1) is 6.92 Å². The number of ketones is 2. The highest BCUT2D eigenvalue weighted by Gasteiger charge is 2.38. The van der Waals surface area contributed by atoms with Crippen LogP contribution >= 0.6 is 0 Å². The summed E-state index contributed by atoms with van der Waals surface area (Å²) in [6.45, 7) is 1.32. The van der Waals surface area contributed by atoms with E-state index in [1.807, 2.05) is 5.32 Å². The number of halogens is 3. The Kier molecular flexibility index (Phi) is 5.60. The van der Waals surface area contributed by atoms with E-state index in [4.69, 9.17) is 0 Å². The molecule has 0 unspecified atom stereocenters. The molecule has 1 heterocycles. The van der Waals surface area contributed by atoms with Crippen LogP contribution in [0.25, 0.3) is 11.0 Å². The fourth-order valence-corrected chi connectivity index (χ4v) is 2.98. The molecule has 2 aromatic carbocycles. The third-order valence-electron chi connectivity index (χ3n) is 4.50. The lowest BCUT2D eigenvalue weighted by Crippen LogP contribution is -2.49. The minimum atomic E-state index is -4.64. The predicted molar refractivity (Wildman–Crippen MR) is 97.5 cm³/mol. The number of Topliss-reactive ketones (excluding diaryl/α,β-unsaturated/α-hetero) is 2. The quantitative estimate of drug-likeness (QED) is 0.187. The van der Waals surface area contributed by atoms with Gasteiger partial charge in [-0.05, 0) is 18.2 Å². The van der Waals surface area contributed by atoms with Gasteiger partial charge in [0.15, 0.2) is 0 Å². The molecule has 3 N–H and O–H groups in total.